The summed E-state index contributed by atoms with van der Waals surface area (Å²) in [5.74, 6) is 1.86. The molecule has 0 amide bonds. The lowest BCUT2D eigenvalue weighted by atomic mass is 9.65. The van der Waals surface area contributed by atoms with Crippen LogP contribution in [0.15, 0.2) is 30.4 Å². The second kappa shape index (κ2) is 8.07. The Bertz CT molecular complexity index is 663. The maximum absolute atomic E-state index is 6.55. The Kier molecular flexibility index (Phi) is 5.73. The molecule has 4 rings (SSSR count). The zero-order chi connectivity index (χ0) is 18.9. The molecule has 3 fully saturated rings. The molecule has 2 saturated carbocycles. The first kappa shape index (κ1) is 19.2. The predicted molar refractivity (Wildman–Crippen MR) is 115 cm³/mol. The molecule has 0 aromatic heterocycles. The summed E-state index contributed by atoms with van der Waals surface area (Å²) in [6, 6.07) is 6.21. The number of allylic oxidation sites excluding steroid dienone is 1. The molecule has 2 nitrogen and oxygen atoms in total. The van der Waals surface area contributed by atoms with Crippen LogP contribution in [0.3, 0.4) is 0 Å². The third kappa shape index (κ3) is 4.47. The van der Waals surface area contributed by atoms with Gasteiger partial charge >= 0.3 is 0 Å². The van der Waals surface area contributed by atoms with Crippen LogP contribution in [0, 0.1) is 11.3 Å². The first-order valence-electron chi connectivity index (χ1n) is 10.9. The van der Waals surface area contributed by atoms with E-state index in [1.807, 2.05) is 12.1 Å². The van der Waals surface area contributed by atoms with Crippen LogP contribution in [0.1, 0.15) is 71.1 Å². The van der Waals surface area contributed by atoms with Crippen molar-refractivity contribution in [2.24, 2.45) is 11.3 Å². The summed E-state index contributed by atoms with van der Waals surface area (Å²) in [7, 11) is 0. The highest BCUT2D eigenvalue weighted by atomic mass is 35.5. The molecular formula is C24H34ClNO. The van der Waals surface area contributed by atoms with Gasteiger partial charge in [0, 0.05) is 19.2 Å². The highest BCUT2D eigenvalue weighted by Gasteiger charge is 2.38. The first-order valence-corrected chi connectivity index (χ1v) is 11.3. The van der Waals surface area contributed by atoms with Crippen LogP contribution in [0.2, 0.25) is 5.02 Å². The van der Waals surface area contributed by atoms with E-state index in [-0.39, 0.29) is 0 Å². The van der Waals surface area contributed by atoms with Gasteiger partial charge in [-0.15, -0.1) is 6.58 Å². The normalized spacial score (nSPS) is 23.3. The number of rotatable bonds is 5. The lowest BCUT2D eigenvalue weighted by molar-refractivity contribution is 0.113. The number of hydrogen-bond donors (Lipinski definition) is 0. The van der Waals surface area contributed by atoms with Gasteiger partial charge in [0.15, 0.2) is 0 Å². The minimum atomic E-state index is 0.415. The number of benzene rings is 1. The van der Waals surface area contributed by atoms with E-state index in [9.17, 15) is 0 Å². The summed E-state index contributed by atoms with van der Waals surface area (Å²) in [5, 5.41) is 0.858. The molecule has 0 N–H and O–H groups in total. The minimum absolute atomic E-state index is 0.415. The topological polar surface area (TPSA) is 12.5 Å². The molecule has 1 saturated heterocycles. The van der Waals surface area contributed by atoms with Gasteiger partial charge in [-0.3, -0.25) is 0 Å². The van der Waals surface area contributed by atoms with Crippen LogP contribution < -0.4 is 9.64 Å². The standard InChI is InChI=1S/C24H34ClNO/c1-18(2)16-19-8-10-24(11-9-19)12-14-26(15-13-24)23-17-21(6-7-22(23)25)27-20-4-3-5-20/h6-7,17,19-20H,1,3-5,8-16H2,2H3. The fraction of sp³-hybridized carbons (Fsp3) is 0.667. The number of hydrogen-bond acceptors (Lipinski definition) is 2. The average Bonchev–Trinajstić information content (AvgIpc) is 2.62. The summed E-state index contributed by atoms with van der Waals surface area (Å²) < 4.78 is 6.10. The second-order valence-electron chi connectivity index (χ2n) is 9.38. The summed E-state index contributed by atoms with van der Waals surface area (Å²) in [4.78, 5) is 2.49. The molecule has 3 aliphatic rings. The molecule has 1 aromatic carbocycles. The van der Waals surface area contributed by atoms with Gasteiger partial charge in [0.1, 0.15) is 5.75 Å². The third-order valence-electron chi connectivity index (χ3n) is 7.24. The van der Waals surface area contributed by atoms with Crippen molar-refractivity contribution in [1.29, 1.82) is 0 Å². The van der Waals surface area contributed by atoms with E-state index in [0.717, 1.165) is 29.8 Å². The molecule has 1 spiro atoms. The Morgan fingerprint density at radius 2 is 1.85 bits per heavy atom. The Hall–Kier alpha value is -1.15. The van der Waals surface area contributed by atoms with Gasteiger partial charge in [-0.05, 0) is 94.6 Å². The average molecular weight is 388 g/mol. The summed E-state index contributed by atoms with van der Waals surface area (Å²) in [5.41, 5.74) is 3.10. The molecule has 0 atom stereocenters. The first-order chi connectivity index (χ1) is 13.0. The van der Waals surface area contributed by atoms with Crippen molar-refractivity contribution in [3.63, 3.8) is 0 Å². The molecule has 1 aliphatic heterocycles. The molecule has 0 bridgehead atoms. The molecule has 148 valence electrons. The number of ether oxygens (including phenoxy) is 1. The van der Waals surface area contributed by atoms with E-state index < -0.39 is 0 Å². The molecule has 0 radical (unpaired) electrons. The number of anilines is 1. The van der Waals surface area contributed by atoms with Crippen LogP contribution in [0.25, 0.3) is 0 Å². The van der Waals surface area contributed by atoms with Crippen molar-refractivity contribution in [3.8, 4) is 5.75 Å². The maximum atomic E-state index is 6.55. The summed E-state index contributed by atoms with van der Waals surface area (Å²) in [6.07, 6.45) is 13.5. The van der Waals surface area contributed by atoms with Gasteiger partial charge in [0.25, 0.3) is 0 Å². The van der Waals surface area contributed by atoms with E-state index in [1.165, 1.54) is 75.5 Å². The van der Waals surface area contributed by atoms with E-state index >= 15 is 0 Å². The molecular weight excluding hydrogens is 354 g/mol. The lowest BCUT2D eigenvalue weighted by Gasteiger charge is -2.47. The van der Waals surface area contributed by atoms with E-state index in [1.54, 1.807) is 0 Å². The summed E-state index contributed by atoms with van der Waals surface area (Å²) in [6.45, 7) is 8.53. The van der Waals surface area contributed by atoms with E-state index in [2.05, 4.69) is 24.5 Å². The van der Waals surface area contributed by atoms with E-state index in [0.29, 0.717) is 11.5 Å². The van der Waals surface area contributed by atoms with Gasteiger partial charge < -0.3 is 9.64 Å². The zero-order valence-electron chi connectivity index (χ0n) is 16.8. The van der Waals surface area contributed by atoms with Crippen LogP contribution in [0.5, 0.6) is 5.75 Å². The monoisotopic (exact) mass is 387 g/mol. The van der Waals surface area contributed by atoms with Crippen molar-refractivity contribution in [3.05, 3.63) is 35.4 Å². The van der Waals surface area contributed by atoms with Crippen LogP contribution in [-0.4, -0.2) is 19.2 Å². The largest absolute Gasteiger partial charge is 0.490 e. The van der Waals surface area contributed by atoms with Gasteiger partial charge in [-0.1, -0.05) is 17.2 Å². The lowest BCUT2D eigenvalue weighted by Crippen LogP contribution is -2.42. The minimum Gasteiger partial charge on any atom is -0.490 e. The van der Waals surface area contributed by atoms with Crippen molar-refractivity contribution in [2.75, 3.05) is 18.0 Å². The number of halogens is 1. The highest BCUT2D eigenvalue weighted by Crippen LogP contribution is 2.48. The molecule has 1 heterocycles. The fourth-order valence-corrected chi connectivity index (χ4v) is 5.44. The highest BCUT2D eigenvalue weighted by molar-refractivity contribution is 6.33. The quantitative estimate of drug-likeness (QED) is 0.503. The van der Waals surface area contributed by atoms with Gasteiger partial charge in [-0.2, -0.15) is 0 Å². The Morgan fingerprint density at radius 1 is 1.15 bits per heavy atom. The number of piperidine rings is 1. The molecule has 0 unspecified atom stereocenters. The van der Waals surface area contributed by atoms with Crippen molar-refractivity contribution < 1.29 is 4.74 Å². The Balaban J connectivity index is 1.35. The van der Waals surface area contributed by atoms with Crippen molar-refractivity contribution in [1.82, 2.24) is 0 Å². The summed E-state index contributed by atoms with van der Waals surface area (Å²) >= 11 is 6.55. The van der Waals surface area contributed by atoms with Gasteiger partial charge in [-0.25, -0.2) is 0 Å². The van der Waals surface area contributed by atoms with Crippen molar-refractivity contribution >= 4 is 17.3 Å². The van der Waals surface area contributed by atoms with Crippen LogP contribution in [-0.2, 0) is 0 Å². The Labute approximate surface area is 169 Å². The fourth-order valence-electron chi connectivity index (χ4n) is 5.20. The van der Waals surface area contributed by atoms with Crippen LogP contribution >= 0.6 is 11.6 Å². The smallest absolute Gasteiger partial charge is 0.121 e. The molecule has 1 aromatic rings. The van der Waals surface area contributed by atoms with E-state index in [4.69, 9.17) is 16.3 Å². The van der Waals surface area contributed by atoms with Crippen LogP contribution in [0.4, 0.5) is 5.69 Å². The van der Waals surface area contributed by atoms with Gasteiger partial charge in [0.2, 0.25) is 0 Å². The molecule has 3 heteroatoms. The Morgan fingerprint density at radius 3 is 2.44 bits per heavy atom. The van der Waals surface area contributed by atoms with Crippen molar-refractivity contribution in [2.45, 2.75) is 77.2 Å². The third-order valence-corrected chi connectivity index (χ3v) is 7.56. The zero-order valence-corrected chi connectivity index (χ0v) is 17.6. The van der Waals surface area contributed by atoms with Gasteiger partial charge in [0.05, 0.1) is 16.8 Å². The SMILES string of the molecule is C=C(C)CC1CCC2(CC1)CCN(c1cc(OC3CCC3)ccc1Cl)CC2. The maximum Gasteiger partial charge on any atom is 0.121 e. The second-order valence-corrected chi connectivity index (χ2v) is 9.78. The number of nitrogens with zero attached hydrogens (tertiary/aromatic N) is 1. The molecule has 2 aliphatic carbocycles. The molecule has 27 heavy (non-hydrogen) atoms. The predicted octanol–water partition coefficient (Wildman–Crippen LogP) is 7.01.